The van der Waals surface area contributed by atoms with Crippen LogP contribution < -0.4 is 21.3 Å². The molecule has 8 atom stereocenters. The molecule has 0 radical (unpaired) electrons. The molecule has 0 saturated carbocycles. The summed E-state index contributed by atoms with van der Waals surface area (Å²) < 4.78 is 0. The van der Waals surface area contributed by atoms with Crippen LogP contribution in [0, 0.1) is 29.1 Å². The van der Waals surface area contributed by atoms with Gasteiger partial charge in [0.1, 0.15) is 11.5 Å². The first-order valence-electron chi connectivity index (χ1n) is 19.4. The lowest BCUT2D eigenvalue weighted by molar-refractivity contribution is -0.145. The molecule has 2 heterocycles. The highest BCUT2D eigenvalue weighted by Crippen LogP contribution is 2.55. The van der Waals surface area contributed by atoms with E-state index in [1.165, 1.54) is 5.57 Å². The second-order valence-electron chi connectivity index (χ2n) is 16.1. The number of para-hydroxylation sites is 2. The van der Waals surface area contributed by atoms with E-state index in [0.29, 0.717) is 24.4 Å². The fourth-order valence-corrected chi connectivity index (χ4v) is 8.95. The zero-order chi connectivity index (χ0) is 38.7. The third-order valence-electron chi connectivity index (χ3n) is 11.8. The van der Waals surface area contributed by atoms with Crippen LogP contribution in [0.4, 0.5) is 5.69 Å². The molecule has 2 aromatic carbocycles. The molecular formula is C44H55N5O5. The van der Waals surface area contributed by atoms with E-state index < -0.39 is 41.3 Å². The van der Waals surface area contributed by atoms with Crippen molar-refractivity contribution in [2.75, 3.05) is 5.32 Å². The van der Waals surface area contributed by atoms with Crippen LogP contribution in [-0.2, 0) is 14.4 Å². The third-order valence-corrected chi connectivity index (χ3v) is 11.8. The summed E-state index contributed by atoms with van der Waals surface area (Å²) in [5.74, 6) is -1.61. The van der Waals surface area contributed by atoms with Crippen LogP contribution in [0.5, 0.6) is 0 Å². The summed E-state index contributed by atoms with van der Waals surface area (Å²) in [6.45, 7) is 12.1. The summed E-state index contributed by atoms with van der Waals surface area (Å²) in [7, 11) is 0. The zero-order valence-corrected chi connectivity index (χ0v) is 32.2. The number of allylic oxidation sites excluding steroid dienone is 4. The fraction of sp³-hybridized carbons (Fsp3) is 0.455. The van der Waals surface area contributed by atoms with Crippen LogP contribution in [0.3, 0.4) is 0 Å². The largest absolute Gasteiger partial charge is 0.391 e. The molecule has 2 aliphatic carbocycles. The van der Waals surface area contributed by atoms with E-state index in [1.807, 2.05) is 37.4 Å². The van der Waals surface area contributed by atoms with E-state index in [2.05, 4.69) is 66.1 Å². The van der Waals surface area contributed by atoms with Crippen molar-refractivity contribution in [2.24, 2.45) is 29.1 Å². The van der Waals surface area contributed by atoms with E-state index >= 15 is 0 Å². The summed E-state index contributed by atoms with van der Waals surface area (Å²) >= 11 is 0. The molecule has 10 nitrogen and oxygen atoms in total. The normalized spacial score (nSPS) is 29.0. The van der Waals surface area contributed by atoms with Crippen molar-refractivity contribution in [1.82, 2.24) is 20.9 Å². The predicted molar refractivity (Wildman–Crippen MR) is 213 cm³/mol. The Kier molecular flexibility index (Phi) is 11.6. The summed E-state index contributed by atoms with van der Waals surface area (Å²) in [4.78, 5) is 59.2. The molecule has 6 rings (SSSR count). The van der Waals surface area contributed by atoms with Crippen LogP contribution in [0.25, 0.3) is 17.0 Å². The Labute approximate surface area is 318 Å². The van der Waals surface area contributed by atoms with Crippen molar-refractivity contribution < 1.29 is 24.3 Å². The first kappa shape index (κ1) is 38.8. The topological polar surface area (TPSA) is 152 Å². The van der Waals surface area contributed by atoms with Gasteiger partial charge in [-0.25, -0.2) is 0 Å². The maximum atomic E-state index is 15.0. The van der Waals surface area contributed by atoms with Crippen molar-refractivity contribution in [3.8, 4) is 0 Å². The van der Waals surface area contributed by atoms with Gasteiger partial charge in [0.2, 0.25) is 11.8 Å². The van der Waals surface area contributed by atoms with Gasteiger partial charge in [-0.1, -0.05) is 74.4 Å². The van der Waals surface area contributed by atoms with Gasteiger partial charge in [-0.2, -0.15) is 0 Å². The highest BCUT2D eigenvalue weighted by molar-refractivity contribution is 6.10. The summed E-state index contributed by atoms with van der Waals surface area (Å²) in [6.07, 6.45) is 11.1. The minimum absolute atomic E-state index is 0.00990. The molecule has 3 amide bonds. The van der Waals surface area contributed by atoms with Crippen LogP contribution in [0.1, 0.15) is 89.6 Å². The Morgan fingerprint density at radius 1 is 1.04 bits per heavy atom. The monoisotopic (exact) mass is 733 g/mol. The number of aliphatic hydroxyl groups excluding tert-OH is 1. The maximum Gasteiger partial charge on any atom is 0.254 e. The van der Waals surface area contributed by atoms with Gasteiger partial charge in [-0.15, -0.1) is 0 Å². The predicted octanol–water partition coefficient (Wildman–Crippen LogP) is 6.66. The van der Waals surface area contributed by atoms with Gasteiger partial charge in [0.25, 0.3) is 5.91 Å². The van der Waals surface area contributed by atoms with Gasteiger partial charge in [-0.05, 0) is 82.6 Å². The number of carbonyl (C=O) groups excluding carboxylic acids is 4. The average Bonchev–Trinajstić information content (AvgIpc) is 3.67. The van der Waals surface area contributed by atoms with E-state index in [0.717, 1.165) is 34.9 Å². The average molecular weight is 734 g/mol. The number of rotatable bonds is 9. The molecule has 286 valence electrons. The minimum atomic E-state index is -1.31. The van der Waals surface area contributed by atoms with Crippen molar-refractivity contribution >= 4 is 46.2 Å². The Morgan fingerprint density at radius 2 is 1.78 bits per heavy atom. The van der Waals surface area contributed by atoms with Crippen LogP contribution >= 0.6 is 0 Å². The van der Waals surface area contributed by atoms with Crippen LogP contribution in [0.15, 0.2) is 84.2 Å². The number of benzene rings is 2. The second-order valence-corrected chi connectivity index (χ2v) is 16.1. The number of hydrogen-bond acceptors (Lipinski definition) is 6. The maximum absolute atomic E-state index is 15.0. The number of anilines is 1. The van der Waals surface area contributed by atoms with E-state index in [9.17, 15) is 24.3 Å². The fourth-order valence-electron chi connectivity index (χ4n) is 8.95. The van der Waals surface area contributed by atoms with Gasteiger partial charge in [-0.3, -0.25) is 19.2 Å². The summed E-state index contributed by atoms with van der Waals surface area (Å²) in [5, 5.41) is 24.9. The number of nitrogens with one attached hydrogen (secondary N) is 5. The zero-order valence-electron chi connectivity index (χ0n) is 32.2. The van der Waals surface area contributed by atoms with Gasteiger partial charge < -0.3 is 31.4 Å². The molecule has 10 heteroatoms. The lowest BCUT2D eigenvalue weighted by Crippen LogP contribution is -2.54. The second kappa shape index (κ2) is 16.2. The molecule has 3 aromatic rings. The molecule has 1 fully saturated rings. The molecule has 0 bridgehead atoms. The Balaban J connectivity index is 1.22. The molecule has 54 heavy (non-hydrogen) atoms. The number of Topliss-reactive ketones (excluding diaryl/α,β-unsaturated/α-hetero) is 1. The van der Waals surface area contributed by atoms with E-state index in [4.69, 9.17) is 0 Å². The smallest absolute Gasteiger partial charge is 0.254 e. The Morgan fingerprint density at radius 3 is 2.56 bits per heavy atom. The standard InChI is InChI=1S/C44H55N5O5/c1-25(2)20-37-40-28(5)27(4)22-31-21-26(3)12-11-17-38(50)36(23-39(51)44(31,40)43(54)49-37)48-35-16-10-8-14-33(35)42(53)47-29(6)41(52)45-19-18-30-24-46-34-15-9-7-13-32(30)34/h7-10,13-16,18-19,21-22,24-25,28-29,31,36-38,40,46,48,50H,11-12,17,20,23H2,1-6H3,(H,45,52)(H,47,53)(H,49,54)/b19-18+,26-21-/t28-,29-,31+,36?,37+,38?,40+,44-/m1/s1. The van der Waals surface area contributed by atoms with Crippen LogP contribution in [-0.4, -0.2) is 57.8 Å². The highest BCUT2D eigenvalue weighted by atomic mass is 16.3. The molecule has 3 aliphatic rings. The number of amides is 3. The molecule has 1 spiro atoms. The summed E-state index contributed by atoms with van der Waals surface area (Å²) in [6, 6.07) is 13.0. The first-order chi connectivity index (χ1) is 25.8. The van der Waals surface area contributed by atoms with Gasteiger partial charge in [0.05, 0.1) is 17.7 Å². The molecule has 1 aromatic heterocycles. The number of fused-ring (bicyclic) bond motifs is 1. The molecule has 6 N–H and O–H groups in total. The van der Waals surface area contributed by atoms with Gasteiger partial charge >= 0.3 is 0 Å². The molecule has 1 aliphatic heterocycles. The van der Waals surface area contributed by atoms with Gasteiger partial charge in [0.15, 0.2) is 5.78 Å². The van der Waals surface area contributed by atoms with Crippen molar-refractivity contribution in [1.29, 1.82) is 0 Å². The molecule has 2 unspecified atom stereocenters. The van der Waals surface area contributed by atoms with Crippen molar-refractivity contribution in [2.45, 2.75) is 97.9 Å². The minimum Gasteiger partial charge on any atom is -0.391 e. The van der Waals surface area contributed by atoms with Crippen molar-refractivity contribution in [3.05, 3.63) is 95.4 Å². The number of carbonyl (C=O) groups is 4. The SMILES string of the molecule is CC1=C[C@@H]2/C=C(/C)CCCC(O)C(Nc3ccccc3C(=O)N[C@H](C)C(=O)N/C=C/c3c[nH]c4ccccc34)CC(=O)[C@]23C(=O)N[C@@H](CC(C)C)[C@@H]3[C@@H]1C. The highest BCUT2D eigenvalue weighted by Gasteiger charge is 2.65. The molecular weight excluding hydrogens is 679 g/mol. The Bertz CT molecular complexity index is 1990. The number of ketones is 1. The number of hydrogen-bond donors (Lipinski definition) is 6. The number of H-pyrrole nitrogens is 1. The quantitative estimate of drug-likeness (QED) is 0.107. The number of aliphatic hydroxyl groups is 1. The lowest BCUT2D eigenvalue weighted by Gasteiger charge is -2.45. The first-order valence-corrected chi connectivity index (χ1v) is 19.4. The van der Waals surface area contributed by atoms with Gasteiger partial charge in [0, 0.05) is 58.8 Å². The third kappa shape index (κ3) is 7.67. The van der Waals surface area contributed by atoms with E-state index in [-0.39, 0.29) is 41.6 Å². The Hall–Kier alpha value is -4.96. The number of aromatic nitrogens is 1. The number of aromatic amines is 1. The summed E-state index contributed by atoms with van der Waals surface area (Å²) in [5.41, 5.74) is 3.57. The lowest BCUT2D eigenvalue weighted by atomic mass is 9.54. The van der Waals surface area contributed by atoms with Crippen molar-refractivity contribution in [3.63, 3.8) is 0 Å². The van der Waals surface area contributed by atoms with E-state index in [1.54, 1.807) is 43.5 Å². The van der Waals surface area contributed by atoms with Crippen LogP contribution in [0.2, 0.25) is 0 Å². The molecule has 1 saturated heterocycles.